The molecule has 0 spiro atoms. The predicted molar refractivity (Wildman–Crippen MR) is 79.2 cm³/mol. The second kappa shape index (κ2) is 6.23. The first kappa shape index (κ1) is 14.3. The zero-order valence-corrected chi connectivity index (χ0v) is 12.2. The van der Waals surface area contributed by atoms with E-state index in [0.29, 0.717) is 5.92 Å². The van der Waals surface area contributed by atoms with E-state index in [-0.39, 0.29) is 0 Å². The second-order valence-electron chi connectivity index (χ2n) is 6.01. The molecule has 0 aliphatic carbocycles. The number of rotatable bonds is 5. The molecular weight excluding hydrogens is 205 g/mol. The third-order valence-electron chi connectivity index (χ3n) is 2.97. The van der Waals surface area contributed by atoms with Crippen molar-refractivity contribution >= 4 is 12.6 Å². The first-order valence-corrected chi connectivity index (χ1v) is 6.70. The van der Waals surface area contributed by atoms with Crippen molar-refractivity contribution < 1.29 is 0 Å². The molecular formula is C15H26BN. The van der Waals surface area contributed by atoms with E-state index in [2.05, 4.69) is 65.6 Å². The van der Waals surface area contributed by atoms with Gasteiger partial charge in [0.1, 0.15) is 0 Å². The van der Waals surface area contributed by atoms with Gasteiger partial charge in [0.25, 0.3) is 0 Å². The Morgan fingerprint density at radius 1 is 1.06 bits per heavy atom. The molecule has 0 fully saturated rings. The molecule has 0 atom stereocenters. The first-order chi connectivity index (χ1) is 7.91. The van der Waals surface area contributed by atoms with Crippen molar-refractivity contribution in [2.45, 2.75) is 40.5 Å². The Kier molecular flexibility index (Phi) is 5.23. The van der Waals surface area contributed by atoms with E-state index < -0.39 is 0 Å². The molecule has 0 unspecified atom stereocenters. The molecule has 0 saturated carbocycles. The topological polar surface area (TPSA) is 3.24 Å². The number of hydrogen-bond donors (Lipinski definition) is 0. The van der Waals surface area contributed by atoms with Crippen molar-refractivity contribution in [1.29, 1.82) is 0 Å². The van der Waals surface area contributed by atoms with Crippen molar-refractivity contribution in [3.05, 3.63) is 23.1 Å². The van der Waals surface area contributed by atoms with E-state index in [1.807, 2.05) is 0 Å². The van der Waals surface area contributed by atoms with Crippen LogP contribution in [0.15, 0.2) is 12.0 Å². The van der Waals surface area contributed by atoms with Crippen LogP contribution in [0.5, 0.6) is 0 Å². The molecule has 94 valence electrons. The second-order valence-corrected chi connectivity index (χ2v) is 6.01. The molecule has 0 aliphatic rings. The van der Waals surface area contributed by atoms with Gasteiger partial charge in [-0.1, -0.05) is 0 Å². The van der Waals surface area contributed by atoms with Crippen LogP contribution in [0.3, 0.4) is 0 Å². The molecule has 0 aromatic carbocycles. The van der Waals surface area contributed by atoms with Crippen LogP contribution in [0.25, 0.3) is 0 Å². The summed E-state index contributed by atoms with van der Waals surface area (Å²) < 4.78 is 0. The molecule has 2 heteroatoms. The summed E-state index contributed by atoms with van der Waals surface area (Å²) in [5.74, 6) is 3.62. The van der Waals surface area contributed by atoms with Gasteiger partial charge in [-0.25, -0.2) is 0 Å². The fourth-order valence-corrected chi connectivity index (χ4v) is 2.32. The Hall–Kier alpha value is -0.785. The quantitative estimate of drug-likeness (QED) is 0.749. The molecule has 0 radical (unpaired) electrons. The summed E-state index contributed by atoms with van der Waals surface area (Å²) in [6.07, 6.45) is 2.36. The van der Waals surface area contributed by atoms with E-state index in [1.165, 1.54) is 24.0 Å². The third kappa shape index (κ3) is 4.18. The Balaban J connectivity index is 3.14. The Bertz CT molecular complexity index is 356. The summed E-state index contributed by atoms with van der Waals surface area (Å²) in [7, 11) is 4.27. The molecule has 0 N–H and O–H groups in total. The molecule has 1 rings (SSSR count). The van der Waals surface area contributed by atoms with Crippen LogP contribution >= 0.6 is 0 Å². The number of hydrogen-bond acceptors (Lipinski definition) is 1. The van der Waals surface area contributed by atoms with Crippen LogP contribution in [-0.2, 0) is 12.8 Å². The molecule has 0 aliphatic heterocycles. The van der Waals surface area contributed by atoms with Crippen molar-refractivity contribution in [2.75, 3.05) is 19.0 Å². The maximum absolute atomic E-state index is 2.30. The van der Waals surface area contributed by atoms with Gasteiger partial charge < -0.3 is 0 Å². The molecule has 0 saturated heterocycles. The van der Waals surface area contributed by atoms with E-state index in [4.69, 9.17) is 0 Å². The van der Waals surface area contributed by atoms with Gasteiger partial charge in [-0.2, -0.15) is 0 Å². The van der Waals surface area contributed by atoms with Gasteiger partial charge in [-0.15, -0.1) is 0 Å². The van der Waals surface area contributed by atoms with Gasteiger partial charge in [-0.05, 0) is 0 Å². The summed E-state index contributed by atoms with van der Waals surface area (Å²) in [5, 5.41) is 0. The van der Waals surface area contributed by atoms with Gasteiger partial charge in [0, 0.05) is 0 Å². The summed E-state index contributed by atoms with van der Waals surface area (Å²) in [6.45, 7) is 11.5. The fourth-order valence-electron chi connectivity index (χ4n) is 2.32. The van der Waals surface area contributed by atoms with Crippen molar-refractivity contribution in [3.8, 4) is 0 Å². The summed E-state index contributed by atoms with van der Waals surface area (Å²) in [4.78, 5) is 2.24. The SMILES string of the molecule is CC(C)Cc1bccc(N(C)C)c1CC(C)C. The van der Waals surface area contributed by atoms with Crippen LogP contribution in [0.4, 0.5) is 5.69 Å². The van der Waals surface area contributed by atoms with Gasteiger partial charge >= 0.3 is 107 Å². The van der Waals surface area contributed by atoms with Crippen LogP contribution in [0.2, 0.25) is 0 Å². The third-order valence-corrected chi connectivity index (χ3v) is 2.97. The van der Waals surface area contributed by atoms with E-state index in [9.17, 15) is 0 Å². The molecule has 17 heavy (non-hydrogen) atoms. The van der Waals surface area contributed by atoms with Crippen molar-refractivity contribution in [1.82, 2.24) is 0 Å². The van der Waals surface area contributed by atoms with E-state index in [1.54, 1.807) is 5.56 Å². The average molecular weight is 231 g/mol. The molecule has 1 heterocycles. The maximum atomic E-state index is 2.30. The molecule has 1 aromatic heterocycles. The van der Waals surface area contributed by atoms with Gasteiger partial charge in [0.2, 0.25) is 0 Å². The zero-order chi connectivity index (χ0) is 13.0. The normalized spacial score (nSPS) is 11.1. The summed E-state index contributed by atoms with van der Waals surface area (Å²) >= 11 is 0. The molecule has 1 aromatic rings. The first-order valence-electron chi connectivity index (χ1n) is 6.70. The van der Waals surface area contributed by atoms with E-state index >= 15 is 0 Å². The fraction of sp³-hybridized carbons (Fsp3) is 0.667. The Labute approximate surface area is 107 Å². The standard InChI is InChI=1S/C15H26BN/c1-11(2)9-13-14(10-12(3)4)16-8-7-15(13)17(5)6/h7-8,11-12H,9-10H2,1-6H3. The predicted octanol–water partition coefficient (Wildman–Crippen LogP) is 3.49. The average Bonchev–Trinajstić information content (AvgIpc) is 2.18. The zero-order valence-electron chi connectivity index (χ0n) is 12.2. The minimum atomic E-state index is 0.710. The van der Waals surface area contributed by atoms with Gasteiger partial charge in [0.15, 0.2) is 0 Å². The van der Waals surface area contributed by atoms with Crippen LogP contribution in [0.1, 0.15) is 38.7 Å². The Morgan fingerprint density at radius 2 is 1.65 bits per heavy atom. The van der Waals surface area contributed by atoms with Gasteiger partial charge in [-0.3, -0.25) is 0 Å². The molecule has 0 bridgehead atoms. The van der Waals surface area contributed by atoms with Crippen LogP contribution in [0, 0.1) is 11.8 Å². The van der Waals surface area contributed by atoms with Gasteiger partial charge in [0.05, 0.1) is 0 Å². The van der Waals surface area contributed by atoms with Crippen molar-refractivity contribution in [3.63, 3.8) is 0 Å². The number of nitrogens with zero attached hydrogens (tertiary/aromatic N) is 1. The summed E-state index contributed by atoms with van der Waals surface area (Å²) in [6, 6.07) is 2.24. The Morgan fingerprint density at radius 3 is 2.12 bits per heavy atom. The monoisotopic (exact) mass is 231 g/mol. The van der Waals surface area contributed by atoms with Crippen LogP contribution < -0.4 is 4.90 Å². The number of anilines is 1. The molecule has 0 amide bonds. The van der Waals surface area contributed by atoms with Crippen LogP contribution in [-0.4, -0.2) is 21.0 Å². The van der Waals surface area contributed by atoms with Crippen molar-refractivity contribution in [2.24, 2.45) is 11.8 Å². The minimum absolute atomic E-state index is 0.710. The molecule has 1 nitrogen and oxygen atoms in total. The van der Waals surface area contributed by atoms with E-state index in [0.717, 1.165) is 5.92 Å². The summed E-state index contributed by atoms with van der Waals surface area (Å²) in [5.41, 5.74) is 4.46.